The van der Waals surface area contributed by atoms with E-state index in [1.807, 2.05) is 0 Å². The largest absolute Gasteiger partial charge is 0.462 e. The van der Waals surface area contributed by atoms with Gasteiger partial charge in [-0.2, -0.15) is 15.2 Å². The van der Waals surface area contributed by atoms with Crippen LogP contribution in [-0.2, 0) is 13.0 Å². The molecule has 2 atom stereocenters. The first-order valence-corrected chi connectivity index (χ1v) is 14.1. The molecule has 0 bridgehead atoms. The van der Waals surface area contributed by atoms with Gasteiger partial charge in [-0.15, -0.1) is 0 Å². The minimum atomic E-state index is 0.149. The number of likely N-dealkylation sites (tertiary alicyclic amines) is 1. The number of nitriles is 1. The summed E-state index contributed by atoms with van der Waals surface area (Å²) >= 11 is 0. The smallest absolute Gasteiger partial charge is 0.318 e. The summed E-state index contributed by atoms with van der Waals surface area (Å²) in [5.74, 6) is 0.991. The Balaban J connectivity index is 1.31. The predicted octanol–water partition coefficient (Wildman–Crippen LogP) is 3.75. The Kier molecular flexibility index (Phi) is 7.30. The molecule has 1 aromatic heterocycles. The lowest BCUT2D eigenvalue weighted by Gasteiger charge is -2.37. The van der Waals surface area contributed by atoms with Crippen molar-refractivity contribution in [3.05, 3.63) is 53.7 Å². The van der Waals surface area contributed by atoms with Crippen molar-refractivity contribution in [2.45, 2.75) is 51.2 Å². The van der Waals surface area contributed by atoms with Gasteiger partial charge in [0.15, 0.2) is 0 Å². The van der Waals surface area contributed by atoms with E-state index in [4.69, 9.17) is 14.7 Å². The number of rotatable bonds is 7. The molecule has 1 unspecified atom stereocenters. The number of ether oxygens (including phenoxy) is 1. The van der Waals surface area contributed by atoms with Crippen LogP contribution in [0, 0.1) is 11.3 Å². The van der Waals surface area contributed by atoms with Crippen LogP contribution < -0.4 is 19.9 Å². The van der Waals surface area contributed by atoms with Crippen LogP contribution in [0.2, 0.25) is 0 Å². The summed E-state index contributed by atoms with van der Waals surface area (Å²) < 4.78 is 6.33. The first-order chi connectivity index (χ1) is 18.7. The summed E-state index contributed by atoms with van der Waals surface area (Å²) in [6, 6.07) is 18.5. The van der Waals surface area contributed by atoms with Crippen LogP contribution in [0.5, 0.6) is 6.01 Å². The lowest BCUT2D eigenvalue weighted by molar-refractivity contribution is 0.170. The molecule has 6 rings (SSSR count). The number of anilines is 2. The molecule has 8 nitrogen and oxygen atoms in total. The molecule has 0 saturated carbocycles. The van der Waals surface area contributed by atoms with E-state index < -0.39 is 0 Å². The van der Waals surface area contributed by atoms with Gasteiger partial charge in [-0.3, -0.25) is 4.90 Å². The van der Waals surface area contributed by atoms with Gasteiger partial charge in [0, 0.05) is 54.9 Å². The van der Waals surface area contributed by atoms with Gasteiger partial charge in [-0.1, -0.05) is 43.3 Å². The van der Waals surface area contributed by atoms with Crippen LogP contribution in [0.1, 0.15) is 37.4 Å². The Labute approximate surface area is 225 Å². The molecule has 2 fully saturated rings. The van der Waals surface area contributed by atoms with E-state index in [2.05, 4.69) is 75.5 Å². The van der Waals surface area contributed by atoms with E-state index in [1.54, 1.807) is 0 Å². The van der Waals surface area contributed by atoms with E-state index >= 15 is 0 Å². The first-order valence-electron chi connectivity index (χ1n) is 14.1. The molecule has 3 aliphatic rings. The highest BCUT2D eigenvalue weighted by Gasteiger charge is 2.30. The zero-order chi connectivity index (χ0) is 25.9. The number of aromatic nitrogens is 2. The Bertz CT molecular complexity index is 1320. The number of nitrogens with zero attached hydrogens (tertiary/aromatic N) is 6. The second-order valence-electron chi connectivity index (χ2n) is 10.6. The zero-order valence-electron chi connectivity index (χ0n) is 22.3. The van der Waals surface area contributed by atoms with Crippen LogP contribution in [0.25, 0.3) is 10.8 Å². The maximum atomic E-state index is 9.28. The molecule has 0 amide bonds. The summed E-state index contributed by atoms with van der Waals surface area (Å²) in [7, 11) is 0. The highest BCUT2D eigenvalue weighted by atomic mass is 16.5. The van der Waals surface area contributed by atoms with Gasteiger partial charge in [0.2, 0.25) is 0 Å². The van der Waals surface area contributed by atoms with E-state index in [0.717, 1.165) is 70.2 Å². The maximum Gasteiger partial charge on any atom is 0.318 e. The molecule has 2 aromatic carbocycles. The van der Waals surface area contributed by atoms with Crippen LogP contribution in [-0.4, -0.2) is 72.8 Å². The number of benzene rings is 2. The summed E-state index contributed by atoms with van der Waals surface area (Å²) in [5, 5.41) is 15.3. The van der Waals surface area contributed by atoms with Crippen LogP contribution in [0.15, 0.2) is 42.5 Å². The maximum absolute atomic E-state index is 9.28. The normalized spacial score (nSPS) is 21.9. The van der Waals surface area contributed by atoms with Gasteiger partial charge in [0.1, 0.15) is 12.4 Å². The zero-order valence-corrected chi connectivity index (χ0v) is 22.3. The van der Waals surface area contributed by atoms with Crippen LogP contribution in [0.4, 0.5) is 11.5 Å². The minimum Gasteiger partial charge on any atom is -0.462 e. The molecule has 1 N–H and O–H groups in total. The molecule has 2 saturated heterocycles. The number of fused-ring (bicyclic) bond motifs is 2. The lowest BCUT2D eigenvalue weighted by Crippen LogP contribution is -2.51. The van der Waals surface area contributed by atoms with Crippen molar-refractivity contribution in [3.63, 3.8) is 0 Å². The SMILES string of the molecule is CCN1CCCC1COc1nc2c(c(N3CCN[C@@H](CC#N)C3)n1)CCN(c1cccc3ccccc13)C2. The second kappa shape index (κ2) is 11.1. The Morgan fingerprint density at radius 2 is 1.97 bits per heavy atom. The van der Waals surface area contributed by atoms with Crippen molar-refractivity contribution in [2.24, 2.45) is 0 Å². The molecule has 0 radical (unpaired) electrons. The Morgan fingerprint density at radius 3 is 2.87 bits per heavy atom. The first kappa shape index (κ1) is 24.9. The van der Waals surface area contributed by atoms with Gasteiger partial charge in [-0.05, 0) is 43.8 Å². The molecular weight excluding hydrogens is 474 g/mol. The Morgan fingerprint density at radius 1 is 1.08 bits per heavy atom. The summed E-state index contributed by atoms with van der Waals surface area (Å²) in [6.45, 7) is 9.16. The molecular formula is C30H37N7O. The van der Waals surface area contributed by atoms with Crippen molar-refractivity contribution < 1.29 is 4.74 Å². The van der Waals surface area contributed by atoms with E-state index in [1.165, 1.54) is 28.4 Å². The average Bonchev–Trinajstić information content (AvgIpc) is 3.43. The predicted molar refractivity (Wildman–Crippen MR) is 151 cm³/mol. The topological polar surface area (TPSA) is 80.5 Å². The van der Waals surface area contributed by atoms with Crippen molar-refractivity contribution in [1.29, 1.82) is 5.26 Å². The Hall–Kier alpha value is -3.41. The fraction of sp³-hybridized carbons (Fsp3) is 0.500. The molecule has 0 aliphatic carbocycles. The van der Waals surface area contributed by atoms with E-state index in [9.17, 15) is 5.26 Å². The highest BCUT2D eigenvalue weighted by Crippen LogP contribution is 2.34. The number of nitrogens with one attached hydrogen (secondary N) is 1. The summed E-state index contributed by atoms with van der Waals surface area (Å²) in [6.07, 6.45) is 3.76. The van der Waals surface area contributed by atoms with Gasteiger partial charge in [0.25, 0.3) is 0 Å². The highest BCUT2D eigenvalue weighted by molar-refractivity contribution is 5.94. The third kappa shape index (κ3) is 5.01. The van der Waals surface area contributed by atoms with Crippen molar-refractivity contribution in [3.8, 4) is 12.1 Å². The fourth-order valence-electron chi connectivity index (χ4n) is 6.34. The average molecular weight is 512 g/mol. The van der Waals surface area contributed by atoms with Crippen molar-refractivity contribution in [1.82, 2.24) is 20.2 Å². The molecule has 8 heteroatoms. The number of hydrogen-bond acceptors (Lipinski definition) is 8. The van der Waals surface area contributed by atoms with Crippen LogP contribution in [0.3, 0.4) is 0 Å². The van der Waals surface area contributed by atoms with Gasteiger partial charge in [-0.25, -0.2) is 0 Å². The quantitative estimate of drug-likeness (QED) is 0.514. The van der Waals surface area contributed by atoms with Gasteiger partial charge < -0.3 is 19.9 Å². The third-order valence-corrected chi connectivity index (χ3v) is 8.33. The van der Waals surface area contributed by atoms with E-state index in [0.29, 0.717) is 25.1 Å². The second-order valence-corrected chi connectivity index (χ2v) is 10.6. The molecule has 38 heavy (non-hydrogen) atoms. The monoisotopic (exact) mass is 511 g/mol. The van der Waals surface area contributed by atoms with Crippen molar-refractivity contribution in [2.75, 3.05) is 55.7 Å². The van der Waals surface area contributed by atoms with Gasteiger partial charge in [0.05, 0.1) is 24.7 Å². The van der Waals surface area contributed by atoms with E-state index in [-0.39, 0.29) is 6.04 Å². The number of hydrogen-bond donors (Lipinski definition) is 1. The fourth-order valence-corrected chi connectivity index (χ4v) is 6.34. The molecule has 198 valence electrons. The standard InChI is InChI=1S/C30H37N7O/c1-2-35-16-6-9-24(35)21-38-30-33-27-20-36(28-11-5-8-22-7-3-4-10-25(22)28)17-13-26(27)29(34-30)37-18-15-32-23(19-37)12-14-31/h3-5,7-8,10-11,23-24,32H,2,6,9,12-13,15-21H2,1H3/t23-,24?/m0/s1. The molecule has 3 aliphatic heterocycles. The van der Waals surface area contributed by atoms with Crippen LogP contribution >= 0.6 is 0 Å². The molecule has 3 aromatic rings. The third-order valence-electron chi connectivity index (χ3n) is 8.33. The summed E-state index contributed by atoms with van der Waals surface area (Å²) in [4.78, 5) is 17.3. The minimum absolute atomic E-state index is 0.149. The van der Waals surface area contributed by atoms with Gasteiger partial charge >= 0.3 is 6.01 Å². The molecule has 0 spiro atoms. The number of piperazine rings is 1. The lowest BCUT2D eigenvalue weighted by atomic mass is 10.0. The summed E-state index contributed by atoms with van der Waals surface area (Å²) in [5.41, 5.74) is 3.53. The molecule has 4 heterocycles. The van der Waals surface area contributed by atoms with Crippen molar-refractivity contribution >= 4 is 22.3 Å². The number of likely N-dealkylation sites (N-methyl/N-ethyl adjacent to an activating group) is 1.